The van der Waals surface area contributed by atoms with Gasteiger partial charge in [-0.3, -0.25) is 4.68 Å². The minimum atomic E-state index is -0.953. The van der Waals surface area contributed by atoms with E-state index in [1.165, 1.54) is 11.8 Å². The number of aromatic carboxylic acids is 1. The van der Waals surface area contributed by atoms with E-state index in [-0.39, 0.29) is 5.56 Å². The van der Waals surface area contributed by atoms with Crippen molar-refractivity contribution in [1.29, 1.82) is 0 Å². The lowest BCUT2D eigenvalue weighted by Gasteiger charge is -2.08. The molecule has 0 saturated heterocycles. The number of carboxylic acid groups (broad SMARTS) is 1. The zero-order valence-corrected chi connectivity index (χ0v) is 10.7. The monoisotopic (exact) mass is 244 g/mol. The zero-order chi connectivity index (χ0) is 13.3. The van der Waals surface area contributed by atoms with Crippen LogP contribution in [0.4, 0.5) is 0 Å². The summed E-state index contributed by atoms with van der Waals surface area (Å²) < 4.78 is 1.59. The predicted molar refractivity (Wildman–Crippen MR) is 69.7 cm³/mol. The highest BCUT2D eigenvalue weighted by atomic mass is 16.4. The van der Waals surface area contributed by atoms with Gasteiger partial charge in [-0.1, -0.05) is 38.1 Å². The van der Waals surface area contributed by atoms with Gasteiger partial charge in [0.15, 0.2) is 0 Å². The normalized spacial score (nSPS) is 10.9. The number of aromatic nitrogens is 2. The number of carboxylic acids is 1. The van der Waals surface area contributed by atoms with E-state index in [2.05, 4.69) is 18.9 Å². The molecule has 18 heavy (non-hydrogen) atoms. The van der Waals surface area contributed by atoms with E-state index < -0.39 is 5.97 Å². The summed E-state index contributed by atoms with van der Waals surface area (Å²) >= 11 is 0. The highest BCUT2D eigenvalue weighted by Crippen LogP contribution is 2.25. The van der Waals surface area contributed by atoms with E-state index in [1.54, 1.807) is 11.7 Å². The highest BCUT2D eigenvalue weighted by molar-refractivity contribution is 5.94. The molecule has 0 atom stereocenters. The summed E-state index contributed by atoms with van der Waals surface area (Å²) in [6.45, 7) is 4.25. The Balaban J connectivity index is 2.48. The number of aryl methyl sites for hydroxylation is 1. The summed E-state index contributed by atoms with van der Waals surface area (Å²) in [5.74, 6) is -0.490. The summed E-state index contributed by atoms with van der Waals surface area (Å²) in [5, 5.41) is 13.1. The van der Waals surface area contributed by atoms with Crippen LogP contribution in [0.2, 0.25) is 0 Å². The summed E-state index contributed by atoms with van der Waals surface area (Å²) in [6, 6.07) is 7.94. The molecule has 94 valence electrons. The number of benzene rings is 1. The number of hydrogen-bond acceptors (Lipinski definition) is 2. The van der Waals surface area contributed by atoms with Crippen LogP contribution >= 0.6 is 0 Å². The van der Waals surface area contributed by atoms with E-state index in [9.17, 15) is 4.79 Å². The van der Waals surface area contributed by atoms with Crippen molar-refractivity contribution in [3.63, 3.8) is 0 Å². The number of carbonyl (C=O) groups is 1. The van der Waals surface area contributed by atoms with E-state index in [0.29, 0.717) is 11.6 Å². The van der Waals surface area contributed by atoms with Crippen LogP contribution in [0.3, 0.4) is 0 Å². The molecule has 4 nitrogen and oxygen atoms in total. The van der Waals surface area contributed by atoms with Crippen molar-refractivity contribution in [2.45, 2.75) is 19.8 Å². The average Bonchev–Trinajstić information content (AvgIpc) is 2.71. The van der Waals surface area contributed by atoms with Crippen LogP contribution in [0, 0.1) is 0 Å². The number of rotatable bonds is 3. The van der Waals surface area contributed by atoms with E-state index in [0.717, 1.165) is 5.56 Å². The van der Waals surface area contributed by atoms with E-state index in [4.69, 9.17) is 5.11 Å². The first-order chi connectivity index (χ1) is 8.50. The summed E-state index contributed by atoms with van der Waals surface area (Å²) in [4.78, 5) is 11.1. The van der Waals surface area contributed by atoms with E-state index >= 15 is 0 Å². The van der Waals surface area contributed by atoms with Gasteiger partial charge in [0.25, 0.3) is 0 Å². The SMILES string of the molecule is CC(C)c1ccc(-c2c(C(=O)O)cnn2C)cc1. The lowest BCUT2D eigenvalue weighted by molar-refractivity contribution is 0.0697. The van der Waals surface area contributed by atoms with Crippen molar-refractivity contribution in [3.8, 4) is 11.3 Å². The summed E-state index contributed by atoms with van der Waals surface area (Å²) in [6.07, 6.45) is 1.38. The predicted octanol–water partition coefficient (Wildman–Crippen LogP) is 2.91. The van der Waals surface area contributed by atoms with Gasteiger partial charge in [0.2, 0.25) is 0 Å². The van der Waals surface area contributed by atoms with Crippen LogP contribution in [-0.2, 0) is 7.05 Å². The standard InChI is InChI=1S/C14H16N2O2/c1-9(2)10-4-6-11(7-5-10)13-12(14(17)18)8-15-16(13)3/h4-9H,1-3H3,(H,17,18). The maximum absolute atomic E-state index is 11.1. The van der Waals surface area contributed by atoms with Gasteiger partial charge in [0, 0.05) is 12.6 Å². The lowest BCUT2D eigenvalue weighted by Crippen LogP contribution is -2.00. The zero-order valence-electron chi connectivity index (χ0n) is 10.7. The molecule has 4 heteroatoms. The fraction of sp³-hybridized carbons (Fsp3) is 0.286. The third kappa shape index (κ3) is 2.14. The first kappa shape index (κ1) is 12.4. The molecule has 0 unspecified atom stereocenters. The van der Waals surface area contributed by atoms with Crippen molar-refractivity contribution in [3.05, 3.63) is 41.6 Å². The highest BCUT2D eigenvalue weighted by Gasteiger charge is 2.16. The molecule has 0 aliphatic heterocycles. The summed E-state index contributed by atoms with van der Waals surface area (Å²) in [7, 11) is 1.75. The van der Waals surface area contributed by atoms with Gasteiger partial charge in [-0.2, -0.15) is 5.10 Å². The second-order valence-corrected chi connectivity index (χ2v) is 4.61. The molecule has 0 amide bonds. The molecule has 0 aliphatic rings. The Kier molecular flexibility index (Phi) is 3.19. The van der Waals surface area contributed by atoms with Gasteiger partial charge in [0.05, 0.1) is 11.9 Å². The Morgan fingerprint density at radius 3 is 2.39 bits per heavy atom. The van der Waals surface area contributed by atoms with Gasteiger partial charge in [-0.15, -0.1) is 0 Å². The van der Waals surface area contributed by atoms with Crippen LogP contribution in [0.1, 0.15) is 35.7 Å². The Labute approximate surface area is 106 Å². The van der Waals surface area contributed by atoms with Crippen LogP contribution < -0.4 is 0 Å². The van der Waals surface area contributed by atoms with E-state index in [1.807, 2.05) is 24.3 Å². The molecule has 0 fully saturated rings. The van der Waals surface area contributed by atoms with Crippen LogP contribution in [0.15, 0.2) is 30.5 Å². The summed E-state index contributed by atoms with van der Waals surface area (Å²) in [5.41, 5.74) is 2.97. The fourth-order valence-corrected chi connectivity index (χ4v) is 1.96. The van der Waals surface area contributed by atoms with Crippen LogP contribution in [0.5, 0.6) is 0 Å². The number of nitrogens with zero attached hydrogens (tertiary/aromatic N) is 2. The Morgan fingerprint density at radius 2 is 1.89 bits per heavy atom. The quantitative estimate of drug-likeness (QED) is 0.903. The molecule has 1 N–H and O–H groups in total. The molecular weight excluding hydrogens is 228 g/mol. The lowest BCUT2D eigenvalue weighted by atomic mass is 10.00. The molecule has 0 aliphatic carbocycles. The van der Waals surface area contributed by atoms with Crippen LogP contribution in [-0.4, -0.2) is 20.9 Å². The molecule has 2 rings (SSSR count). The number of hydrogen-bond donors (Lipinski definition) is 1. The minimum absolute atomic E-state index is 0.231. The largest absolute Gasteiger partial charge is 0.478 e. The molecule has 0 radical (unpaired) electrons. The molecule has 0 bridgehead atoms. The van der Waals surface area contributed by atoms with Crippen molar-refractivity contribution < 1.29 is 9.90 Å². The topological polar surface area (TPSA) is 55.1 Å². The molecule has 0 spiro atoms. The second kappa shape index (κ2) is 4.64. The van der Waals surface area contributed by atoms with Crippen molar-refractivity contribution in [1.82, 2.24) is 9.78 Å². The minimum Gasteiger partial charge on any atom is -0.478 e. The first-order valence-electron chi connectivity index (χ1n) is 5.86. The van der Waals surface area contributed by atoms with Gasteiger partial charge >= 0.3 is 5.97 Å². The van der Waals surface area contributed by atoms with Gasteiger partial charge in [-0.05, 0) is 11.5 Å². The molecule has 2 aromatic rings. The maximum atomic E-state index is 11.1. The molecular formula is C14H16N2O2. The molecule has 0 saturated carbocycles. The molecule has 1 aromatic heterocycles. The maximum Gasteiger partial charge on any atom is 0.339 e. The molecule has 1 aromatic carbocycles. The molecule has 1 heterocycles. The average molecular weight is 244 g/mol. The van der Waals surface area contributed by atoms with Gasteiger partial charge in [-0.25, -0.2) is 4.79 Å². The first-order valence-corrected chi connectivity index (χ1v) is 5.86. The van der Waals surface area contributed by atoms with Crippen LogP contribution in [0.25, 0.3) is 11.3 Å². The smallest absolute Gasteiger partial charge is 0.339 e. The van der Waals surface area contributed by atoms with Crippen molar-refractivity contribution >= 4 is 5.97 Å². The Hall–Kier alpha value is -2.10. The fourth-order valence-electron chi connectivity index (χ4n) is 1.96. The van der Waals surface area contributed by atoms with Crippen molar-refractivity contribution in [2.24, 2.45) is 7.05 Å². The van der Waals surface area contributed by atoms with Gasteiger partial charge in [0.1, 0.15) is 5.56 Å². The second-order valence-electron chi connectivity index (χ2n) is 4.61. The third-order valence-corrected chi connectivity index (χ3v) is 3.02. The Bertz CT molecular complexity index is 568. The Morgan fingerprint density at radius 1 is 1.28 bits per heavy atom. The van der Waals surface area contributed by atoms with Crippen molar-refractivity contribution in [2.75, 3.05) is 0 Å². The third-order valence-electron chi connectivity index (χ3n) is 3.02. The van der Waals surface area contributed by atoms with Gasteiger partial charge < -0.3 is 5.11 Å².